The van der Waals surface area contributed by atoms with E-state index >= 15 is 0 Å². The van der Waals surface area contributed by atoms with Crippen molar-refractivity contribution < 1.29 is 24.2 Å². The largest absolute Gasteiger partial charge is 0.481 e. The molecule has 1 heterocycles. The number of ether oxygens (including phenoxy) is 1. The number of carboxylic acid groups (broad SMARTS) is 1. The maximum absolute atomic E-state index is 12.1. The monoisotopic (exact) mass is 301 g/mol. The zero-order chi connectivity index (χ0) is 15.7. The lowest BCUT2D eigenvalue weighted by Gasteiger charge is -2.34. The van der Waals surface area contributed by atoms with E-state index in [0.717, 1.165) is 6.42 Å². The number of carbonyl (C=O) groups is 3. The lowest BCUT2D eigenvalue weighted by molar-refractivity contribution is -0.137. The summed E-state index contributed by atoms with van der Waals surface area (Å²) in [6.45, 7) is 1.46. The van der Waals surface area contributed by atoms with Crippen LogP contribution in [0.25, 0.3) is 0 Å². The van der Waals surface area contributed by atoms with Gasteiger partial charge in [0.05, 0.1) is 13.2 Å². The molecular weight excluding hydrogens is 278 g/mol. The predicted octanol–water partition coefficient (Wildman–Crippen LogP) is -0.212. The van der Waals surface area contributed by atoms with Gasteiger partial charge in [0.25, 0.3) is 0 Å². The molecule has 1 saturated heterocycles. The molecule has 0 aromatic rings. The van der Waals surface area contributed by atoms with Gasteiger partial charge in [-0.05, 0) is 12.8 Å². The van der Waals surface area contributed by atoms with E-state index < -0.39 is 12.0 Å². The van der Waals surface area contributed by atoms with Crippen LogP contribution in [-0.4, -0.2) is 67.3 Å². The van der Waals surface area contributed by atoms with Crippen molar-refractivity contribution in [2.45, 2.75) is 31.7 Å². The molecule has 120 valence electrons. The number of urea groups is 1. The first-order valence-electron chi connectivity index (χ1n) is 7.12. The summed E-state index contributed by atoms with van der Waals surface area (Å²) in [6.07, 6.45) is 2.21. The minimum Gasteiger partial charge on any atom is -0.481 e. The SMILES string of the molecule is CNC(=O)C1COCCN1C(=O)NCCCCCC(=O)O. The van der Waals surface area contributed by atoms with E-state index in [0.29, 0.717) is 32.5 Å². The number of amides is 3. The van der Waals surface area contributed by atoms with Gasteiger partial charge >= 0.3 is 12.0 Å². The van der Waals surface area contributed by atoms with Crippen molar-refractivity contribution in [2.24, 2.45) is 0 Å². The Morgan fingerprint density at radius 1 is 1.29 bits per heavy atom. The second-order valence-electron chi connectivity index (χ2n) is 4.83. The summed E-state index contributed by atoms with van der Waals surface area (Å²) in [5, 5.41) is 13.8. The highest BCUT2D eigenvalue weighted by Gasteiger charge is 2.31. The number of hydrogen-bond donors (Lipinski definition) is 3. The number of hydrogen-bond acceptors (Lipinski definition) is 4. The molecule has 1 fully saturated rings. The molecule has 21 heavy (non-hydrogen) atoms. The minimum absolute atomic E-state index is 0.149. The number of morpholine rings is 1. The van der Waals surface area contributed by atoms with Gasteiger partial charge in [0, 0.05) is 26.6 Å². The molecular formula is C13H23N3O5. The lowest BCUT2D eigenvalue weighted by Crippen LogP contribution is -2.57. The Morgan fingerprint density at radius 2 is 2.05 bits per heavy atom. The number of unbranched alkanes of at least 4 members (excludes halogenated alkanes) is 2. The van der Waals surface area contributed by atoms with Crippen molar-refractivity contribution in [3.05, 3.63) is 0 Å². The van der Waals surface area contributed by atoms with Gasteiger partial charge in [-0.25, -0.2) is 4.79 Å². The molecule has 0 aromatic heterocycles. The maximum Gasteiger partial charge on any atom is 0.318 e. The highest BCUT2D eigenvalue weighted by Crippen LogP contribution is 2.07. The smallest absolute Gasteiger partial charge is 0.318 e. The Bertz CT molecular complexity index is 375. The maximum atomic E-state index is 12.1. The van der Waals surface area contributed by atoms with E-state index in [9.17, 15) is 14.4 Å². The van der Waals surface area contributed by atoms with Crippen molar-refractivity contribution in [3.8, 4) is 0 Å². The average Bonchev–Trinajstić information content (AvgIpc) is 2.49. The van der Waals surface area contributed by atoms with Gasteiger partial charge in [0.2, 0.25) is 5.91 Å². The van der Waals surface area contributed by atoms with Crippen LogP contribution >= 0.6 is 0 Å². The third-order valence-corrected chi connectivity index (χ3v) is 3.28. The first-order chi connectivity index (χ1) is 10.1. The van der Waals surface area contributed by atoms with Gasteiger partial charge in [-0.1, -0.05) is 6.42 Å². The van der Waals surface area contributed by atoms with E-state index in [-0.39, 0.29) is 25.0 Å². The Hall–Kier alpha value is -1.83. The number of carbonyl (C=O) groups excluding carboxylic acids is 2. The molecule has 0 radical (unpaired) electrons. The molecule has 1 rings (SSSR count). The molecule has 0 bridgehead atoms. The quantitative estimate of drug-likeness (QED) is 0.564. The molecule has 3 amide bonds. The Morgan fingerprint density at radius 3 is 2.71 bits per heavy atom. The highest BCUT2D eigenvalue weighted by atomic mass is 16.5. The van der Waals surface area contributed by atoms with E-state index in [1.807, 2.05) is 0 Å². The molecule has 1 atom stereocenters. The van der Waals surface area contributed by atoms with E-state index in [1.54, 1.807) is 0 Å². The van der Waals surface area contributed by atoms with Crippen molar-refractivity contribution in [2.75, 3.05) is 33.4 Å². The van der Waals surface area contributed by atoms with E-state index in [2.05, 4.69) is 10.6 Å². The predicted molar refractivity (Wildman–Crippen MR) is 74.9 cm³/mol. The topological polar surface area (TPSA) is 108 Å². The summed E-state index contributed by atoms with van der Waals surface area (Å²) in [5.41, 5.74) is 0. The van der Waals surface area contributed by atoms with Crippen LogP contribution in [0.1, 0.15) is 25.7 Å². The van der Waals surface area contributed by atoms with Gasteiger partial charge in [-0.2, -0.15) is 0 Å². The number of likely N-dealkylation sites (N-methyl/N-ethyl adjacent to an activating group) is 1. The molecule has 0 saturated carbocycles. The van der Waals surface area contributed by atoms with Crippen LogP contribution in [0.4, 0.5) is 4.79 Å². The first kappa shape index (κ1) is 17.2. The van der Waals surface area contributed by atoms with Gasteiger partial charge in [0.1, 0.15) is 6.04 Å². The zero-order valence-corrected chi connectivity index (χ0v) is 12.3. The molecule has 8 heteroatoms. The third kappa shape index (κ3) is 5.99. The third-order valence-electron chi connectivity index (χ3n) is 3.28. The Balaban J connectivity index is 2.29. The fourth-order valence-corrected chi connectivity index (χ4v) is 2.11. The molecule has 1 aliphatic heterocycles. The molecule has 1 unspecified atom stereocenters. The number of carboxylic acids is 1. The van der Waals surface area contributed by atoms with E-state index in [4.69, 9.17) is 9.84 Å². The molecule has 0 aromatic carbocycles. The van der Waals surface area contributed by atoms with Crippen LogP contribution in [0.3, 0.4) is 0 Å². The molecule has 1 aliphatic rings. The van der Waals surface area contributed by atoms with Crippen LogP contribution < -0.4 is 10.6 Å². The molecule has 0 aliphatic carbocycles. The standard InChI is InChI=1S/C13H23N3O5/c1-14-12(19)10-9-21-8-7-16(10)13(20)15-6-4-2-3-5-11(17)18/h10H,2-9H2,1H3,(H,14,19)(H,15,20)(H,17,18). The normalized spacial score (nSPS) is 18.1. The van der Waals surface area contributed by atoms with Gasteiger partial charge in [-0.3, -0.25) is 9.59 Å². The Labute approximate surface area is 123 Å². The summed E-state index contributed by atoms with van der Waals surface area (Å²) in [7, 11) is 1.52. The van der Waals surface area contributed by atoms with Crippen LogP contribution in [0.5, 0.6) is 0 Å². The van der Waals surface area contributed by atoms with Gasteiger partial charge < -0.3 is 25.4 Å². The van der Waals surface area contributed by atoms with E-state index in [1.165, 1.54) is 11.9 Å². The van der Waals surface area contributed by atoms with Gasteiger partial charge in [-0.15, -0.1) is 0 Å². The van der Waals surface area contributed by atoms with Crippen LogP contribution in [0, 0.1) is 0 Å². The zero-order valence-electron chi connectivity index (χ0n) is 12.3. The summed E-state index contributed by atoms with van der Waals surface area (Å²) < 4.78 is 5.23. The fraction of sp³-hybridized carbons (Fsp3) is 0.769. The number of aliphatic carboxylic acids is 1. The number of nitrogens with zero attached hydrogens (tertiary/aromatic N) is 1. The second kappa shape index (κ2) is 9.17. The van der Waals surface area contributed by atoms with Crippen LogP contribution in [0.2, 0.25) is 0 Å². The summed E-state index contributed by atoms with van der Waals surface area (Å²) in [5.74, 6) is -1.05. The number of nitrogens with one attached hydrogen (secondary N) is 2. The van der Waals surface area contributed by atoms with Crippen molar-refractivity contribution in [3.63, 3.8) is 0 Å². The van der Waals surface area contributed by atoms with Crippen LogP contribution in [-0.2, 0) is 14.3 Å². The Kier molecular flexibility index (Phi) is 7.52. The van der Waals surface area contributed by atoms with Crippen molar-refractivity contribution in [1.29, 1.82) is 0 Å². The average molecular weight is 301 g/mol. The lowest BCUT2D eigenvalue weighted by atomic mass is 10.2. The minimum atomic E-state index is -0.805. The molecule has 8 nitrogen and oxygen atoms in total. The molecule has 0 spiro atoms. The van der Waals surface area contributed by atoms with Crippen molar-refractivity contribution in [1.82, 2.24) is 15.5 Å². The highest BCUT2D eigenvalue weighted by molar-refractivity contribution is 5.87. The van der Waals surface area contributed by atoms with Crippen LogP contribution in [0.15, 0.2) is 0 Å². The molecule has 3 N–H and O–H groups in total. The fourth-order valence-electron chi connectivity index (χ4n) is 2.11. The summed E-state index contributed by atoms with van der Waals surface area (Å²) in [6, 6.07) is -0.888. The number of rotatable bonds is 7. The summed E-state index contributed by atoms with van der Waals surface area (Å²) >= 11 is 0. The van der Waals surface area contributed by atoms with Crippen molar-refractivity contribution >= 4 is 17.9 Å². The van der Waals surface area contributed by atoms with Gasteiger partial charge in [0.15, 0.2) is 0 Å². The second-order valence-corrected chi connectivity index (χ2v) is 4.83. The summed E-state index contributed by atoms with van der Waals surface area (Å²) in [4.78, 5) is 35.6. The first-order valence-corrected chi connectivity index (χ1v) is 7.12.